The highest BCUT2D eigenvalue weighted by molar-refractivity contribution is 7.92. The van der Waals surface area contributed by atoms with Gasteiger partial charge in [-0.1, -0.05) is 17.7 Å². The Kier molecular flexibility index (Phi) is 5.47. The summed E-state index contributed by atoms with van der Waals surface area (Å²) in [5, 5.41) is 2.58. The molecule has 0 spiro atoms. The first kappa shape index (κ1) is 18.9. The molecular weight excluding hydrogens is 343 g/mol. The Morgan fingerprint density at radius 1 is 1.08 bits per heavy atom. The molecule has 0 aliphatic heterocycles. The van der Waals surface area contributed by atoms with E-state index in [1.54, 1.807) is 0 Å². The molecular formula is C18H21FN2O3S. The van der Waals surface area contributed by atoms with Crippen LogP contribution in [0.25, 0.3) is 0 Å². The predicted octanol–water partition coefficient (Wildman–Crippen LogP) is 3.16. The second-order valence-corrected chi connectivity index (χ2v) is 7.98. The van der Waals surface area contributed by atoms with Gasteiger partial charge in [-0.25, -0.2) is 12.8 Å². The van der Waals surface area contributed by atoms with Crippen LogP contribution in [-0.2, 0) is 14.8 Å². The van der Waals surface area contributed by atoms with Crippen LogP contribution in [0, 0.1) is 26.6 Å². The van der Waals surface area contributed by atoms with Crippen molar-refractivity contribution in [3.63, 3.8) is 0 Å². The maximum Gasteiger partial charge on any atom is 0.245 e. The molecule has 2 rings (SSSR count). The summed E-state index contributed by atoms with van der Waals surface area (Å²) in [5.41, 5.74) is 3.47. The molecule has 2 aromatic carbocycles. The standard InChI is InChI=1S/C18H21FN2O3S/c1-12-9-13(2)18(14(3)10-12)21(25(4,23)24)11-17(22)20-16-7-5-15(19)6-8-16/h5-10H,11H2,1-4H3,(H,20,22). The molecule has 1 N–H and O–H groups in total. The van der Waals surface area contributed by atoms with Crippen LogP contribution in [0.3, 0.4) is 0 Å². The number of rotatable bonds is 5. The molecule has 0 unspecified atom stereocenters. The van der Waals surface area contributed by atoms with Gasteiger partial charge in [-0.05, 0) is 56.2 Å². The molecule has 2 aromatic rings. The maximum absolute atomic E-state index is 12.9. The second kappa shape index (κ2) is 7.23. The molecule has 0 atom stereocenters. The molecule has 0 heterocycles. The fourth-order valence-corrected chi connectivity index (χ4v) is 3.76. The van der Waals surface area contributed by atoms with Crippen LogP contribution in [0.2, 0.25) is 0 Å². The van der Waals surface area contributed by atoms with Crippen molar-refractivity contribution >= 4 is 27.3 Å². The van der Waals surface area contributed by atoms with Crippen LogP contribution >= 0.6 is 0 Å². The molecule has 0 radical (unpaired) electrons. The number of halogens is 1. The van der Waals surface area contributed by atoms with Gasteiger partial charge in [0.25, 0.3) is 0 Å². The molecule has 134 valence electrons. The number of nitrogens with zero attached hydrogens (tertiary/aromatic N) is 1. The van der Waals surface area contributed by atoms with E-state index in [4.69, 9.17) is 0 Å². The Morgan fingerprint density at radius 2 is 1.60 bits per heavy atom. The van der Waals surface area contributed by atoms with Crippen molar-refractivity contribution in [3.05, 3.63) is 58.9 Å². The maximum atomic E-state index is 12.9. The van der Waals surface area contributed by atoms with E-state index in [9.17, 15) is 17.6 Å². The lowest BCUT2D eigenvalue weighted by Crippen LogP contribution is -2.38. The van der Waals surface area contributed by atoms with Crippen molar-refractivity contribution in [3.8, 4) is 0 Å². The van der Waals surface area contributed by atoms with Gasteiger partial charge < -0.3 is 5.32 Å². The number of carbonyl (C=O) groups is 1. The topological polar surface area (TPSA) is 66.5 Å². The van der Waals surface area contributed by atoms with Crippen LogP contribution in [0.5, 0.6) is 0 Å². The first-order chi connectivity index (χ1) is 11.6. The van der Waals surface area contributed by atoms with Gasteiger partial charge in [-0.15, -0.1) is 0 Å². The monoisotopic (exact) mass is 364 g/mol. The third-order valence-electron chi connectivity index (χ3n) is 3.70. The average Bonchev–Trinajstić information content (AvgIpc) is 2.46. The Bertz CT molecular complexity index is 870. The number of benzene rings is 2. The minimum absolute atomic E-state index is 0.360. The summed E-state index contributed by atoms with van der Waals surface area (Å²) in [6.07, 6.45) is 1.07. The molecule has 25 heavy (non-hydrogen) atoms. The fraction of sp³-hybridized carbons (Fsp3) is 0.278. The number of anilines is 2. The van der Waals surface area contributed by atoms with E-state index in [1.807, 2.05) is 32.9 Å². The highest BCUT2D eigenvalue weighted by atomic mass is 32.2. The van der Waals surface area contributed by atoms with Gasteiger partial charge in [-0.3, -0.25) is 9.10 Å². The Balaban J connectivity index is 2.31. The number of amides is 1. The zero-order chi connectivity index (χ0) is 18.8. The van der Waals surface area contributed by atoms with Crippen molar-refractivity contribution < 1.29 is 17.6 Å². The van der Waals surface area contributed by atoms with Crippen LogP contribution in [0.1, 0.15) is 16.7 Å². The van der Waals surface area contributed by atoms with Crippen molar-refractivity contribution in [2.24, 2.45) is 0 Å². The lowest BCUT2D eigenvalue weighted by molar-refractivity contribution is -0.114. The molecule has 7 heteroatoms. The lowest BCUT2D eigenvalue weighted by atomic mass is 10.1. The van der Waals surface area contributed by atoms with Crippen LogP contribution in [0.15, 0.2) is 36.4 Å². The number of sulfonamides is 1. The van der Waals surface area contributed by atoms with Gasteiger partial charge in [0.05, 0.1) is 11.9 Å². The van der Waals surface area contributed by atoms with E-state index in [0.29, 0.717) is 11.4 Å². The summed E-state index contributed by atoms with van der Waals surface area (Å²) in [5.74, 6) is -0.918. The minimum atomic E-state index is -3.66. The number of hydrogen-bond acceptors (Lipinski definition) is 3. The summed E-state index contributed by atoms with van der Waals surface area (Å²) in [7, 11) is -3.66. The molecule has 0 aliphatic carbocycles. The Labute approximate surface area is 147 Å². The van der Waals surface area contributed by atoms with Gasteiger partial charge in [0.15, 0.2) is 0 Å². The van der Waals surface area contributed by atoms with Gasteiger partial charge >= 0.3 is 0 Å². The quantitative estimate of drug-likeness (QED) is 0.886. The van der Waals surface area contributed by atoms with Crippen LogP contribution in [-0.4, -0.2) is 27.1 Å². The third-order valence-corrected chi connectivity index (χ3v) is 4.81. The summed E-state index contributed by atoms with van der Waals surface area (Å²) in [6, 6.07) is 9.02. The van der Waals surface area contributed by atoms with E-state index >= 15 is 0 Å². The highest BCUT2D eigenvalue weighted by Gasteiger charge is 2.24. The molecule has 0 bridgehead atoms. The Morgan fingerprint density at radius 3 is 2.08 bits per heavy atom. The van der Waals surface area contributed by atoms with Crippen LogP contribution in [0.4, 0.5) is 15.8 Å². The lowest BCUT2D eigenvalue weighted by Gasteiger charge is -2.26. The van der Waals surface area contributed by atoms with E-state index < -0.39 is 21.7 Å². The average molecular weight is 364 g/mol. The van der Waals surface area contributed by atoms with Crippen molar-refractivity contribution in [1.82, 2.24) is 0 Å². The van der Waals surface area contributed by atoms with E-state index in [0.717, 1.165) is 27.3 Å². The molecule has 0 aliphatic rings. The molecule has 0 saturated heterocycles. The zero-order valence-corrected chi connectivity index (χ0v) is 15.4. The summed E-state index contributed by atoms with van der Waals surface area (Å²) in [6.45, 7) is 5.19. The molecule has 5 nitrogen and oxygen atoms in total. The van der Waals surface area contributed by atoms with Crippen LogP contribution < -0.4 is 9.62 Å². The highest BCUT2D eigenvalue weighted by Crippen LogP contribution is 2.28. The predicted molar refractivity (Wildman–Crippen MR) is 97.9 cm³/mol. The molecule has 1 amide bonds. The minimum Gasteiger partial charge on any atom is -0.325 e. The smallest absolute Gasteiger partial charge is 0.245 e. The van der Waals surface area contributed by atoms with E-state index in [1.165, 1.54) is 24.3 Å². The van der Waals surface area contributed by atoms with Gasteiger partial charge in [-0.2, -0.15) is 0 Å². The molecule has 0 saturated carbocycles. The first-order valence-electron chi connectivity index (χ1n) is 7.69. The van der Waals surface area contributed by atoms with E-state index in [2.05, 4.69) is 5.32 Å². The SMILES string of the molecule is Cc1cc(C)c(N(CC(=O)Nc2ccc(F)cc2)S(C)(=O)=O)c(C)c1. The summed E-state index contributed by atoms with van der Waals surface area (Å²) in [4.78, 5) is 12.3. The van der Waals surface area contributed by atoms with Gasteiger partial charge in [0, 0.05) is 5.69 Å². The van der Waals surface area contributed by atoms with Gasteiger partial charge in [0.2, 0.25) is 15.9 Å². The Hall–Kier alpha value is -2.41. The normalized spacial score (nSPS) is 11.2. The van der Waals surface area contributed by atoms with Crippen molar-refractivity contribution in [2.45, 2.75) is 20.8 Å². The number of aryl methyl sites for hydroxylation is 3. The molecule has 0 aromatic heterocycles. The van der Waals surface area contributed by atoms with Crippen molar-refractivity contribution in [2.75, 3.05) is 22.4 Å². The first-order valence-corrected chi connectivity index (χ1v) is 9.54. The zero-order valence-electron chi connectivity index (χ0n) is 14.6. The number of carbonyl (C=O) groups excluding carboxylic acids is 1. The second-order valence-electron chi connectivity index (χ2n) is 6.07. The summed E-state index contributed by atoms with van der Waals surface area (Å²) < 4.78 is 38.5. The van der Waals surface area contributed by atoms with Crippen molar-refractivity contribution in [1.29, 1.82) is 0 Å². The summed E-state index contributed by atoms with van der Waals surface area (Å²) >= 11 is 0. The van der Waals surface area contributed by atoms with Gasteiger partial charge in [0.1, 0.15) is 12.4 Å². The number of nitrogens with one attached hydrogen (secondary N) is 1. The number of hydrogen-bond donors (Lipinski definition) is 1. The third kappa shape index (κ3) is 4.79. The fourth-order valence-electron chi connectivity index (χ4n) is 2.79. The largest absolute Gasteiger partial charge is 0.325 e. The molecule has 0 fully saturated rings. The van der Waals surface area contributed by atoms with E-state index in [-0.39, 0.29) is 6.54 Å².